The van der Waals surface area contributed by atoms with E-state index < -0.39 is 0 Å². The van der Waals surface area contributed by atoms with Crippen LogP contribution in [0, 0.1) is 24.7 Å². The predicted molar refractivity (Wildman–Crippen MR) is 91.4 cm³/mol. The molecule has 1 aromatic rings. The average Bonchev–Trinajstić information content (AvgIpc) is 3.31. The molecule has 2 amide bonds. The topological polar surface area (TPSA) is 49.4 Å². The lowest BCUT2D eigenvalue weighted by Crippen LogP contribution is -2.40. The van der Waals surface area contributed by atoms with Crippen LogP contribution in [-0.4, -0.2) is 29.8 Å². The van der Waals surface area contributed by atoms with Gasteiger partial charge in [-0.2, -0.15) is 0 Å². The van der Waals surface area contributed by atoms with Crippen molar-refractivity contribution in [1.82, 2.24) is 4.90 Å². The first-order valence-corrected chi connectivity index (χ1v) is 8.69. The van der Waals surface area contributed by atoms with Crippen LogP contribution in [0.15, 0.2) is 18.2 Å². The van der Waals surface area contributed by atoms with Crippen molar-refractivity contribution < 1.29 is 9.59 Å². The quantitative estimate of drug-likeness (QED) is 0.920. The predicted octanol–water partition coefficient (Wildman–Crippen LogP) is 3.48. The monoisotopic (exact) mass is 334 g/mol. The summed E-state index contributed by atoms with van der Waals surface area (Å²) in [6.45, 7) is 5.77. The number of likely N-dealkylation sites (tertiary alicyclic amines) is 1. The summed E-state index contributed by atoms with van der Waals surface area (Å²) in [5.41, 5.74) is 1.70. The largest absolute Gasteiger partial charge is 0.342 e. The Labute approximate surface area is 142 Å². The smallest absolute Gasteiger partial charge is 0.228 e. The third kappa shape index (κ3) is 3.69. The fourth-order valence-corrected chi connectivity index (χ4v) is 3.51. The van der Waals surface area contributed by atoms with Crippen molar-refractivity contribution in [1.29, 1.82) is 0 Å². The number of benzene rings is 1. The maximum atomic E-state index is 12.5. The standard InChI is InChI=1S/C18H23ClN2O2/c1-11-4-3-7-21(10-11)18(23)15-9-14(15)17(22)20-16-8-13(19)6-5-12(16)2/h5-6,8,11,14-15H,3-4,7,9-10H2,1-2H3,(H,20,22). The van der Waals surface area contributed by atoms with Crippen LogP contribution in [0.25, 0.3) is 0 Å². The Morgan fingerprint density at radius 3 is 2.83 bits per heavy atom. The van der Waals surface area contributed by atoms with Crippen LogP contribution in [0.4, 0.5) is 5.69 Å². The first-order valence-electron chi connectivity index (χ1n) is 8.31. The normalized spacial score (nSPS) is 26.7. The maximum Gasteiger partial charge on any atom is 0.228 e. The molecule has 1 heterocycles. The third-order valence-electron chi connectivity index (χ3n) is 4.87. The Kier molecular flexibility index (Phi) is 4.62. The number of piperidine rings is 1. The highest BCUT2D eigenvalue weighted by atomic mass is 35.5. The molecule has 1 N–H and O–H groups in total. The van der Waals surface area contributed by atoms with E-state index in [0.29, 0.717) is 17.4 Å². The summed E-state index contributed by atoms with van der Waals surface area (Å²) in [5, 5.41) is 3.51. The molecule has 1 aromatic carbocycles. The van der Waals surface area contributed by atoms with Crippen molar-refractivity contribution in [2.24, 2.45) is 17.8 Å². The summed E-state index contributed by atoms with van der Waals surface area (Å²) in [4.78, 5) is 26.8. The minimum atomic E-state index is -0.196. The summed E-state index contributed by atoms with van der Waals surface area (Å²) >= 11 is 5.98. The molecule has 0 radical (unpaired) electrons. The molecule has 1 saturated carbocycles. The lowest BCUT2D eigenvalue weighted by molar-refractivity contribution is -0.135. The SMILES string of the molecule is Cc1ccc(Cl)cc1NC(=O)C1CC1C(=O)N1CCCC(C)C1. The molecule has 0 aromatic heterocycles. The van der Waals surface area contributed by atoms with Crippen LogP contribution in [0.2, 0.25) is 5.02 Å². The minimum Gasteiger partial charge on any atom is -0.342 e. The van der Waals surface area contributed by atoms with Gasteiger partial charge in [0.1, 0.15) is 0 Å². The van der Waals surface area contributed by atoms with E-state index in [0.717, 1.165) is 30.8 Å². The molecule has 5 heteroatoms. The number of aryl methyl sites for hydroxylation is 1. The molecule has 3 atom stereocenters. The van der Waals surface area contributed by atoms with Gasteiger partial charge in [0.05, 0.1) is 11.8 Å². The average molecular weight is 335 g/mol. The highest BCUT2D eigenvalue weighted by Crippen LogP contribution is 2.41. The number of halogens is 1. The van der Waals surface area contributed by atoms with Gasteiger partial charge < -0.3 is 10.2 Å². The summed E-state index contributed by atoms with van der Waals surface area (Å²) in [5.74, 6) is 0.309. The highest BCUT2D eigenvalue weighted by Gasteiger charge is 2.49. The number of hydrogen-bond donors (Lipinski definition) is 1. The van der Waals surface area contributed by atoms with Gasteiger partial charge >= 0.3 is 0 Å². The second-order valence-electron chi connectivity index (χ2n) is 6.93. The van der Waals surface area contributed by atoms with Crippen molar-refractivity contribution in [2.75, 3.05) is 18.4 Å². The number of amides is 2. The fourth-order valence-electron chi connectivity index (χ4n) is 3.34. The van der Waals surface area contributed by atoms with Crippen molar-refractivity contribution in [2.45, 2.75) is 33.1 Å². The van der Waals surface area contributed by atoms with Gasteiger partial charge in [-0.1, -0.05) is 24.6 Å². The van der Waals surface area contributed by atoms with Crippen LogP contribution in [0.1, 0.15) is 31.7 Å². The van der Waals surface area contributed by atoms with Gasteiger partial charge in [0, 0.05) is 23.8 Å². The first-order chi connectivity index (χ1) is 11.0. The summed E-state index contributed by atoms with van der Waals surface area (Å²) in [7, 11) is 0. The number of carbonyl (C=O) groups is 2. The molecule has 2 aliphatic rings. The molecule has 4 nitrogen and oxygen atoms in total. The van der Waals surface area contributed by atoms with E-state index in [9.17, 15) is 9.59 Å². The molecule has 23 heavy (non-hydrogen) atoms. The Hall–Kier alpha value is -1.55. The lowest BCUT2D eigenvalue weighted by atomic mass is 10.00. The first kappa shape index (κ1) is 16.3. The van der Waals surface area contributed by atoms with Crippen molar-refractivity contribution in [3.05, 3.63) is 28.8 Å². The van der Waals surface area contributed by atoms with Crippen molar-refractivity contribution >= 4 is 29.1 Å². The molecular weight excluding hydrogens is 312 g/mol. The van der Waals surface area contributed by atoms with Gasteiger partial charge in [0.15, 0.2) is 0 Å². The Morgan fingerprint density at radius 2 is 2.09 bits per heavy atom. The molecule has 2 fully saturated rings. The molecule has 0 spiro atoms. The second kappa shape index (κ2) is 6.52. The Bertz CT molecular complexity index is 631. The fraction of sp³-hybridized carbons (Fsp3) is 0.556. The number of hydrogen-bond acceptors (Lipinski definition) is 2. The van der Waals surface area contributed by atoms with E-state index in [-0.39, 0.29) is 23.7 Å². The zero-order chi connectivity index (χ0) is 16.6. The third-order valence-corrected chi connectivity index (χ3v) is 5.11. The van der Waals surface area contributed by atoms with Crippen molar-refractivity contribution in [3.8, 4) is 0 Å². The van der Waals surface area contributed by atoms with Crippen LogP contribution >= 0.6 is 11.6 Å². The number of nitrogens with zero attached hydrogens (tertiary/aromatic N) is 1. The highest BCUT2D eigenvalue weighted by molar-refractivity contribution is 6.31. The van der Waals surface area contributed by atoms with Crippen LogP contribution < -0.4 is 5.32 Å². The second-order valence-corrected chi connectivity index (χ2v) is 7.37. The summed E-state index contributed by atoms with van der Waals surface area (Å²) in [6, 6.07) is 5.43. The maximum absolute atomic E-state index is 12.5. The van der Waals surface area contributed by atoms with E-state index in [1.807, 2.05) is 17.9 Å². The zero-order valence-corrected chi connectivity index (χ0v) is 14.4. The van der Waals surface area contributed by atoms with E-state index in [4.69, 9.17) is 11.6 Å². The Morgan fingerprint density at radius 1 is 1.30 bits per heavy atom. The summed E-state index contributed by atoms with van der Waals surface area (Å²) in [6.07, 6.45) is 2.92. The molecule has 3 unspecified atom stereocenters. The molecule has 124 valence electrons. The van der Waals surface area contributed by atoms with Gasteiger partial charge in [-0.05, 0) is 49.8 Å². The molecular formula is C18H23ClN2O2. The van der Waals surface area contributed by atoms with Gasteiger partial charge in [-0.25, -0.2) is 0 Å². The minimum absolute atomic E-state index is 0.0706. The lowest BCUT2D eigenvalue weighted by Gasteiger charge is -2.31. The number of carbonyl (C=O) groups excluding carboxylic acids is 2. The zero-order valence-electron chi connectivity index (χ0n) is 13.6. The van der Waals surface area contributed by atoms with E-state index >= 15 is 0 Å². The number of anilines is 1. The summed E-state index contributed by atoms with van der Waals surface area (Å²) < 4.78 is 0. The van der Waals surface area contributed by atoms with Gasteiger partial charge in [-0.15, -0.1) is 0 Å². The van der Waals surface area contributed by atoms with Gasteiger partial charge in [0.25, 0.3) is 0 Å². The number of nitrogens with one attached hydrogen (secondary N) is 1. The van der Waals surface area contributed by atoms with E-state index in [1.165, 1.54) is 6.42 Å². The Balaban J connectivity index is 1.58. The van der Waals surface area contributed by atoms with E-state index in [2.05, 4.69) is 12.2 Å². The molecule has 1 aliphatic heterocycles. The van der Waals surface area contributed by atoms with Crippen LogP contribution in [0.3, 0.4) is 0 Å². The molecule has 0 bridgehead atoms. The molecule has 3 rings (SSSR count). The number of rotatable bonds is 3. The van der Waals surface area contributed by atoms with E-state index in [1.54, 1.807) is 12.1 Å². The molecule has 1 aliphatic carbocycles. The molecule has 1 saturated heterocycles. The van der Waals surface area contributed by atoms with Gasteiger partial charge in [-0.3, -0.25) is 9.59 Å². The van der Waals surface area contributed by atoms with Crippen LogP contribution in [0.5, 0.6) is 0 Å². The van der Waals surface area contributed by atoms with Gasteiger partial charge in [0.2, 0.25) is 11.8 Å². The van der Waals surface area contributed by atoms with Crippen molar-refractivity contribution in [3.63, 3.8) is 0 Å². The van der Waals surface area contributed by atoms with Crippen LogP contribution in [-0.2, 0) is 9.59 Å².